The smallest absolute Gasteiger partial charge is 0.240 e. The Balaban J connectivity index is 2.77. The van der Waals surface area contributed by atoms with Crippen molar-refractivity contribution in [1.29, 1.82) is 0 Å². The molecule has 0 bridgehead atoms. The molecule has 0 aliphatic rings. The highest BCUT2D eigenvalue weighted by atomic mass is 79.9. The van der Waals surface area contributed by atoms with Crippen molar-refractivity contribution in [2.45, 2.75) is 18.7 Å². The van der Waals surface area contributed by atoms with Crippen LogP contribution >= 0.6 is 15.9 Å². The normalized spacial score (nSPS) is 13.1. The Labute approximate surface area is 116 Å². The number of benzene rings is 1. The van der Waals surface area contributed by atoms with E-state index < -0.39 is 21.0 Å². The van der Waals surface area contributed by atoms with Crippen LogP contribution in [0.1, 0.15) is 12.5 Å². The van der Waals surface area contributed by atoms with Crippen LogP contribution < -0.4 is 0 Å². The van der Waals surface area contributed by atoms with Gasteiger partial charge in [-0.05, 0) is 24.6 Å². The summed E-state index contributed by atoms with van der Waals surface area (Å²) in [5.74, 6) is -0.391. The van der Waals surface area contributed by atoms with Crippen LogP contribution in [0.4, 0.5) is 0 Å². The summed E-state index contributed by atoms with van der Waals surface area (Å²) in [4.78, 5) is 13.3. The molecule has 100 valence electrons. The number of rotatable bonds is 4. The van der Waals surface area contributed by atoms with E-state index in [0.717, 1.165) is 16.3 Å². The van der Waals surface area contributed by atoms with E-state index in [1.807, 2.05) is 24.3 Å². The molecule has 0 N–H and O–H groups in total. The average Bonchev–Trinajstić information content (AvgIpc) is 2.25. The fourth-order valence-electron chi connectivity index (χ4n) is 1.48. The molecule has 1 atom stereocenters. The Bertz CT molecular complexity index is 542. The van der Waals surface area contributed by atoms with Gasteiger partial charge in [0, 0.05) is 24.3 Å². The largest absolute Gasteiger partial charge is 0.340 e. The number of hydrogen-bond acceptors (Lipinski definition) is 3. The van der Waals surface area contributed by atoms with Gasteiger partial charge in [0.2, 0.25) is 5.91 Å². The van der Waals surface area contributed by atoms with Gasteiger partial charge in [-0.2, -0.15) is 0 Å². The maximum absolute atomic E-state index is 11.9. The zero-order valence-electron chi connectivity index (χ0n) is 10.6. The van der Waals surface area contributed by atoms with Crippen molar-refractivity contribution in [3.05, 3.63) is 34.3 Å². The van der Waals surface area contributed by atoms with Crippen molar-refractivity contribution in [1.82, 2.24) is 4.90 Å². The van der Waals surface area contributed by atoms with Gasteiger partial charge in [-0.3, -0.25) is 4.79 Å². The van der Waals surface area contributed by atoms with Crippen LogP contribution in [0, 0.1) is 0 Å². The zero-order valence-corrected chi connectivity index (χ0v) is 13.0. The molecule has 1 rings (SSSR count). The van der Waals surface area contributed by atoms with Crippen molar-refractivity contribution >= 4 is 31.7 Å². The lowest BCUT2D eigenvalue weighted by molar-refractivity contribution is -0.129. The Kier molecular flexibility index (Phi) is 4.92. The quantitative estimate of drug-likeness (QED) is 0.844. The molecule has 0 saturated heterocycles. The maximum atomic E-state index is 11.9. The molecule has 0 aliphatic carbocycles. The first-order valence-corrected chi connectivity index (χ1v) is 8.15. The number of carbonyl (C=O) groups is 1. The second-order valence-electron chi connectivity index (χ2n) is 4.30. The van der Waals surface area contributed by atoms with E-state index in [1.54, 1.807) is 7.05 Å². The van der Waals surface area contributed by atoms with E-state index in [9.17, 15) is 13.2 Å². The molecule has 0 saturated carbocycles. The van der Waals surface area contributed by atoms with Crippen molar-refractivity contribution in [3.8, 4) is 0 Å². The third-order valence-corrected chi connectivity index (χ3v) is 4.65. The fourth-order valence-corrected chi connectivity index (χ4v) is 2.47. The Morgan fingerprint density at radius 1 is 1.44 bits per heavy atom. The molecular formula is C12H16BrNO3S. The monoisotopic (exact) mass is 333 g/mol. The molecule has 0 aliphatic heterocycles. The highest BCUT2D eigenvalue weighted by molar-refractivity contribution is 9.10. The standard InChI is InChI=1S/C12H16BrNO3S/c1-9(18(3,16)17)12(15)14(2)8-10-5-4-6-11(13)7-10/h4-7,9H,8H2,1-3H3. The summed E-state index contributed by atoms with van der Waals surface area (Å²) in [7, 11) is -1.75. The Hall–Kier alpha value is -0.880. The molecule has 4 nitrogen and oxygen atoms in total. The maximum Gasteiger partial charge on any atom is 0.240 e. The van der Waals surface area contributed by atoms with Crippen molar-refractivity contribution in [2.24, 2.45) is 0 Å². The molecular weight excluding hydrogens is 318 g/mol. The van der Waals surface area contributed by atoms with E-state index in [1.165, 1.54) is 11.8 Å². The number of sulfone groups is 1. The van der Waals surface area contributed by atoms with E-state index >= 15 is 0 Å². The molecule has 1 amide bonds. The first-order valence-electron chi connectivity index (χ1n) is 5.40. The topological polar surface area (TPSA) is 54.5 Å². The minimum Gasteiger partial charge on any atom is -0.340 e. The minimum absolute atomic E-state index is 0.387. The molecule has 1 aromatic carbocycles. The third kappa shape index (κ3) is 4.10. The van der Waals surface area contributed by atoms with Gasteiger partial charge in [-0.25, -0.2) is 8.42 Å². The lowest BCUT2D eigenvalue weighted by Crippen LogP contribution is -2.38. The van der Waals surface area contributed by atoms with Gasteiger partial charge in [0.25, 0.3) is 0 Å². The van der Waals surface area contributed by atoms with Crippen LogP contribution in [-0.2, 0) is 21.2 Å². The van der Waals surface area contributed by atoms with Gasteiger partial charge in [0.15, 0.2) is 9.84 Å². The number of carbonyl (C=O) groups excluding carboxylic acids is 1. The van der Waals surface area contributed by atoms with E-state index in [0.29, 0.717) is 6.54 Å². The Morgan fingerprint density at radius 2 is 2.06 bits per heavy atom. The predicted molar refractivity (Wildman–Crippen MR) is 74.9 cm³/mol. The highest BCUT2D eigenvalue weighted by Crippen LogP contribution is 2.14. The van der Waals surface area contributed by atoms with Crippen LogP contribution in [-0.4, -0.2) is 37.8 Å². The second kappa shape index (κ2) is 5.84. The SMILES string of the molecule is CC(C(=O)N(C)Cc1cccc(Br)c1)S(C)(=O)=O. The molecule has 0 radical (unpaired) electrons. The molecule has 0 fully saturated rings. The van der Waals surface area contributed by atoms with Gasteiger partial charge in [0.1, 0.15) is 5.25 Å². The molecule has 6 heteroatoms. The lowest BCUT2D eigenvalue weighted by Gasteiger charge is -2.20. The zero-order chi connectivity index (χ0) is 13.9. The van der Waals surface area contributed by atoms with Crippen molar-refractivity contribution in [3.63, 3.8) is 0 Å². The summed E-state index contributed by atoms with van der Waals surface area (Å²) in [6, 6.07) is 7.55. The van der Waals surface area contributed by atoms with Crippen LogP contribution in [0.25, 0.3) is 0 Å². The number of halogens is 1. The first kappa shape index (κ1) is 15.2. The number of nitrogens with zero attached hydrogens (tertiary/aromatic N) is 1. The van der Waals surface area contributed by atoms with Crippen LogP contribution in [0.15, 0.2) is 28.7 Å². The number of hydrogen-bond donors (Lipinski definition) is 0. The summed E-state index contributed by atoms with van der Waals surface area (Å²) >= 11 is 3.35. The average molecular weight is 334 g/mol. The lowest BCUT2D eigenvalue weighted by atomic mass is 10.2. The summed E-state index contributed by atoms with van der Waals surface area (Å²) in [5.41, 5.74) is 0.945. The predicted octanol–water partition coefficient (Wildman–Crippen LogP) is 1.84. The van der Waals surface area contributed by atoms with E-state index in [4.69, 9.17) is 0 Å². The molecule has 18 heavy (non-hydrogen) atoms. The molecule has 1 unspecified atom stereocenters. The van der Waals surface area contributed by atoms with Crippen LogP contribution in [0.5, 0.6) is 0 Å². The van der Waals surface area contributed by atoms with Crippen molar-refractivity contribution < 1.29 is 13.2 Å². The molecule has 1 aromatic rings. The Morgan fingerprint density at radius 3 is 2.56 bits per heavy atom. The summed E-state index contributed by atoms with van der Waals surface area (Å²) in [5, 5.41) is -1.00. The highest BCUT2D eigenvalue weighted by Gasteiger charge is 2.26. The fraction of sp³-hybridized carbons (Fsp3) is 0.417. The van der Waals surface area contributed by atoms with Gasteiger partial charge in [-0.1, -0.05) is 28.1 Å². The molecule has 0 spiro atoms. The van der Waals surface area contributed by atoms with Gasteiger partial charge < -0.3 is 4.90 Å². The summed E-state index contributed by atoms with van der Waals surface area (Å²) in [6.07, 6.45) is 1.07. The van der Waals surface area contributed by atoms with E-state index in [2.05, 4.69) is 15.9 Å². The van der Waals surface area contributed by atoms with E-state index in [-0.39, 0.29) is 0 Å². The van der Waals surface area contributed by atoms with Crippen molar-refractivity contribution in [2.75, 3.05) is 13.3 Å². The van der Waals surface area contributed by atoms with Gasteiger partial charge in [-0.15, -0.1) is 0 Å². The summed E-state index contributed by atoms with van der Waals surface area (Å²) < 4.78 is 23.6. The molecule has 0 heterocycles. The minimum atomic E-state index is -3.35. The first-order chi connectivity index (χ1) is 8.21. The number of amides is 1. The van der Waals surface area contributed by atoms with Crippen LogP contribution in [0.2, 0.25) is 0 Å². The second-order valence-corrected chi connectivity index (χ2v) is 7.58. The van der Waals surface area contributed by atoms with Gasteiger partial charge in [0.05, 0.1) is 0 Å². The van der Waals surface area contributed by atoms with Crippen LogP contribution in [0.3, 0.4) is 0 Å². The summed E-state index contributed by atoms with van der Waals surface area (Å²) in [6.45, 7) is 1.80. The third-order valence-electron chi connectivity index (χ3n) is 2.67. The molecule has 0 aromatic heterocycles. The van der Waals surface area contributed by atoms with Gasteiger partial charge >= 0.3 is 0 Å².